The van der Waals surface area contributed by atoms with Crippen LogP contribution in [0.2, 0.25) is 0 Å². The summed E-state index contributed by atoms with van der Waals surface area (Å²) in [7, 11) is -3.89. The van der Waals surface area contributed by atoms with Crippen molar-refractivity contribution < 1.29 is 13.2 Å². The molecule has 1 unspecified atom stereocenters. The van der Waals surface area contributed by atoms with Gasteiger partial charge in [-0.05, 0) is 78.4 Å². The lowest BCUT2D eigenvalue weighted by Crippen LogP contribution is -2.30. The molecule has 0 spiro atoms. The number of sulfonamides is 1. The van der Waals surface area contributed by atoms with Gasteiger partial charge in [0, 0.05) is 10.4 Å². The molecular weight excluding hydrogens is 416 g/mol. The minimum Gasteiger partial charge on any atom is -0.340 e. The maximum atomic E-state index is 13.2. The van der Waals surface area contributed by atoms with E-state index < -0.39 is 10.0 Å². The Morgan fingerprint density at radius 2 is 1.83 bits per heavy atom. The number of benzene rings is 2. The number of aryl methyl sites for hydroxylation is 3. The Bertz CT molecular complexity index is 1190. The molecule has 1 aliphatic carbocycles. The number of carbonyl (C=O) groups excluding carboxylic acids is 1. The molecule has 1 aromatic heterocycles. The number of nitrogens with two attached hydrogens (primary N) is 1. The molecule has 1 amide bonds. The molecule has 2 aromatic carbocycles. The third kappa shape index (κ3) is 4.33. The SMILES string of the molecule is Cc1ccc(S(N)(=O)=O)cc1C(=O)NC(c1ccc2c(c1)CCCC2)c1cccs1. The molecule has 0 fully saturated rings. The third-order valence-corrected chi connectivity index (χ3v) is 7.44. The second kappa shape index (κ2) is 8.34. The Hall–Kier alpha value is -2.48. The summed E-state index contributed by atoms with van der Waals surface area (Å²) < 4.78 is 23.5. The van der Waals surface area contributed by atoms with Crippen LogP contribution in [0.1, 0.15) is 56.4 Å². The molecule has 1 atom stereocenters. The monoisotopic (exact) mass is 440 g/mol. The number of carbonyl (C=O) groups is 1. The van der Waals surface area contributed by atoms with Crippen molar-refractivity contribution in [2.75, 3.05) is 0 Å². The highest BCUT2D eigenvalue weighted by molar-refractivity contribution is 7.89. The van der Waals surface area contributed by atoms with Crippen LogP contribution >= 0.6 is 11.3 Å². The highest BCUT2D eigenvalue weighted by Gasteiger charge is 2.22. The Morgan fingerprint density at radius 3 is 2.53 bits per heavy atom. The van der Waals surface area contributed by atoms with Crippen LogP contribution < -0.4 is 10.5 Å². The van der Waals surface area contributed by atoms with Gasteiger partial charge in [0.1, 0.15) is 0 Å². The van der Waals surface area contributed by atoms with Gasteiger partial charge in [0.25, 0.3) is 5.91 Å². The molecule has 5 nitrogen and oxygen atoms in total. The predicted octanol–water partition coefficient (Wildman–Crippen LogP) is 4.10. The highest BCUT2D eigenvalue weighted by Crippen LogP contribution is 2.30. The lowest BCUT2D eigenvalue weighted by atomic mass is 9.89. The van der Waals surface area contributed by atoms with E-state index >= 15 is 0 Å². The zero-order valence-electron chi connectivity index (χ0n) is 16.7. The van der Waals surface area contributed by atoms with Gasteiger partial charge in [-0.2, -0.15) is 0 Å². The van der Waals surface area contributed by atoms with Crippen LogP contribution in [0, 0.1) is 6.92 Å². The van der Waals surface area contributed by atoms with Crippen molar-refractivity contribution in [2.24, 2.45) is 5.14 Å². The van der Waals surface area contributed by atoms with Crippen molar-refractivity contribution in [3.8, 4) is 0 Å². The summed E-state index contributed by atoms with van der Waals surface area (Å²) in [5, 5.41) is 10.4. The highest BCUT2D eigenvalue weighted by atomic mass is 32.2. The van der Waals surface area contributed by atoms with E-state index in [1.54, 1.807) is 24.3 Å². The van der Waals surface area contributed by atoms with Gasteiger partial charge in [0.15, 0.2) is 0 Å². The number of hydrogen-bond donors (Lipinski definition) is 2. The molecule has 0 radical (unpaired) electrons. The molecule has 3 N–H and O–H groups in total. The first-order valence-electron chi connectivity index (χ1n) is 9.92. The van der Waals surface area contributed by atoms with E-state index in [4.69, 9.17) is 5.14 Å². The molecule has 30 heavy (non-hydrogen) atoms. The Morgan fingerprint density at radius 1 is 1.07 bits per heavy atom. The molecule has 1 aliphatic rings. The van der Waals surface area contributed by atoms with Crippen molar-refractivity contribution in [3.63, 3.8) is 0 Å². The molecule has 1 heterocycles. The molecule has 0 saturated heterocycles. The van der Waals surface area contributed by atoms with Crippen LogP contribution in [-0.2, 0) is 22.9 Å². The molecule has 0 aliphatic heterocycles. The number of primary sulfonamides is 1. The number of amides is 1. The van der Waals surface area contributed by atoms with E-state index in [2.05, 4.69) is 23.5 Å². The third-order valence-electron chi connectivity index (χ3n) is 5.59. The van der Waals surface area contributed by atoms with E-state index in [9.17, 15) is 13.2 Å². The van der Waals surface area contributed by atoms with Crippen LogP contribution in [-0.4, -0.2) is 14.3 Å². The topological polar surface area (TPSA) is 89.3 Å². The first-order valence-corrected chi connectivity index (χ1v) is 12.3. The van der Waals surface area contributed by atoms with E-state index in [0.29, 0.717) is 11.1 Å². The fourth-order valence-corrected chi connectivity index (χ4v) is 5.28. The summed E-state index contributed by atoms with van der Waals surface area (Å²) in [6.45, 7) is 1.78. The van der Waals surface area contributed by atoms with E-state index in [0.717, 1.165) is 23.3 Å². The van der Waals surface area contributed by atoms with Crippen LogP contribution in [0.15, 0.2) is 58.8 Å². The quantitative estimate of drug-likeness (QED) is 0.626. The largest absolute Gasteiger partial charge is 0.340 e. The maximum Gasteiger partial charge on any atom is 0.252 e. The summed E-state index contributed by atoms with van der Waals surface area (Å²) in [6.07, 6.45) is 4.57. The Labute approximate surface area is 181 Å². The molecule has 0 saturated carbocycles. The normalized spacial score (nSPS) is 14.7. The van der Waals surface area contributed by atoms with Gasteiger partial charge in [0.05, 0.1) is 10.9 Å². The van der Waals surface area contributed by atoms with Gasteiger partial charge in [-0.3, -0.25) is 4.79 Å². The summed E-state index contributed by atoms with van der Waals surface area (Å²) in [6, 6.07) is 14.5. The standard InChI is InChI=1S/C23H24N2O3S2/c1-15-8-11-19(30(24,27)28)14-20(15)23(26)25-22(21-7-4-12-29-21)18-10-9-16-5-2-3-6-17(16)13-18/h4,7-14,22H,2-3,5-6H2,1H3,(H,25,26)(H2,24,27,28). The average Bonchev–Trinajstić information content (AvgIpc) is 3.25. The van der Waals surface area contributed by atoms with Crippen molar-refractivity contribution in [1.82, 2.24) is 5.32 Å². The number of thiophene rings is 1. The minimum absolute atomic E-state index is 0.0697. The van der Waals surface area contributed by atoms with Crippen molar-refractivity contribution in [2.45, 2.75) is 43.5 Å². The average molecular weight is 441 g/mol. The first kappa shape index (κ1) is 20.8. The lowest BCUT2D eigenvalue weighted by molar-refractivity contribution is 0.0942. The zero-order valence-corrected chi connectivity index (χ0v) is 18.4. The molecule has 0 bridgehead atoms. The number of fused-ring (bicyclic) bond motifs is 1. The Kier molecular flexibility index (Phi) is 5.77. The lowest BCUT2D eigenvalue weighted by Gasteiger charge is -2.22. The summed E-state index contributed by atoms with van der Waals surface area (Å²) in [5.41, 5.74) is 4.77. The van der Waals surface area contributed by atoms with Crippen molar-refractivity contribution in [1.29, 1.82) is 0 Å². The molecule has 156 valence electrons. The molecule has 4 rings (SSSR count). The smallest absolute Gasteiger partial charge is 0.252 e. The summed E-state index contributed by atoms with van der Waals surface area (Å²) in [5.74, 6) is -0.325. The summed E-state index contributed by atoms with van der Waals surface area (Å²) >= 11 is 1.58. The number of nitrogens with one attached hydrogen (secondary N) is 1. The van der Waals surface area contributed by atoms with Crippen LogP contribution in [0.4, 0.5) is 0 Å². The molecule has 3 aromatic rings. The van der Waals surface area contributed by atoms with Crippen molar-refractivity contribution >= 4 is 27.3 Å². The van der Waals surface area contributed by atoms with Gasteiger partial charge in [-0.25, -0.2) is 13.6 Å². The number of rotatable bonds is 5. The second-order valence-corrected chi connectivity index (χ2v) is 10.2. The van der Waals surface area contributed by atoms with E-state index in [-0.39, 0.29) is 16.8 Å². The van der Waals surface area contributed by atoms with Gasteiger partial charge < -0.3 is 5.32 Å². The van der Waals surface area contributed by atoms with E-state index in [1.165, 1.54) is 36.1 Å². The predicted molar refractivity (Wildman–Crippen MR) is 119 cm³/mol. The summed E-state index contributed by atoms with van der Waals surface area (Å²) in [4.78, 5) is 14.1. The van der Waals surface area contributed by atoms with Gasteiger partial charge >= 0.3 is 0 Å². The van der Waals surface area contributed by atoms with Gasteiger partial charge in [-0.1, -0.05) is 30.3 Å². The van der Waals surface area contributed by atoms with Gasteiger partial charge in [0.2, 0.25) is 10.0 Å². The van der Waals surface area contributed by atoms with Crippen LogP contribution in [0.25, 0.3) is 0 Å². The fraction of sp³-hybridized carbons (Fsp3) is 0.261. The number of hydrogen-bond acceptors (Lipinski definition) is 4. The minimum atomic E-state index is -3.89. The first-order chi connectivity index (χ1) is 14.3. The van der Waals surface area contributed by atoms with Crippen LogP contribution in [0.3, 0.4) is 0 Å². The fourth-order valence-electron chi connectivity index (χ4n) is 3.94. The second-order valence-electron chi connectivity index (χ2n) is 7.68. The van der Waals surface area contributed by atoms with E-state index in [1.807, 2.05) is 17.5 Å². The maximum absolute atomic E-state index is 13.2. The Balaban J connectivity index is 1.70. The van der Waals surface area contributed by atoms with Crippen LogP contribution in [0.5, 0.6) is 0 Å². The van der Waals surface area contributed by atoms with Gasteiger partial charge in [-0.15, -0.1) is 11.3 Å². The molecule has 7 heteroatoms. The zero-order chi connectivity index (χ0) is 21.3. The molecular formula is C23H24N2O3S2. The van der Waals surface area contributed by atoms with Crippen molar-refractivity contribution in [3.05, 3.63) is 86.6 Å².